The maximum Gasteiger partial charge on any atom is 0.257 e. The number of rotatable bonds is 4. The fraction of sp³-hybridized carbons (Fsp3) is 0.538. The summed E-state index contributed by atoms with van der Waals surface area (Å²) in [5, 5.41) is 10.5. The molecule has 0 saturated carbocycles. The molecule has 1 fully saturated rings. The fourth-order valence-electron chi connectivity index (χ4n) is 2.24. The van der Waals surface area contributed by atoms with Crippen molar-refractivity contribution in [3.63, 3.8) is 0 Å². The summed E-state index contributed by atoms with van der Waals surface area (Å²) in [6, 6.07) is 1.83. The smallest absolute Gasteiger partial charge is 0.257 e. The summed E-state index contributed by atoms with van der Waals surface area (Å²) in [7, 11) is 1.78. The summed E-state index contributed by atoms with van der Waals surface area (Å²) in [6.45, 7) is 3.66. The van der Waals surface area contributed by atoms with Gasteiger partial charge in [-0.3, -0.25) is 0 Å². The molecule has 0 atom stereocenters. The van der Waals surface area contributed by atoms with E-state index in [1.165, 1.54) is 0 Å². The minimum absolute atomic E-state index is 0.0635. The van der Waals surface area contributed by atoms with Crippen LogP contribution in [-0.4, -0.2) is 50.5 Å². The molecule has 0 aliphatic carbocycles. The van der Waals surface area contributed by atoms with E-state index in [0.717, 1.165) is 26.1 Å². The highest BCUT2D eigenvalue weighted by atomic mass is 16.5. The first-order valence-corrected chi connectivity index (χ1v) is 6.98. The molecule has 112 valence electrons. The highest BCUT2D eigenvalue weighted by molar-refractivity contribution is 5.39. The maximum absolute atomic E-state index is 5.41. The van der Waals surface area contributed by atoms with E-state index in [1.54, 1.807) is 24.1 Å². The van der Waals surface area contributed by atoms with Crippen LogP contribution in [0.25, 0.3) is 5.95 Å². The minimum Gasteiger partial charge on any atom is -0.381 e. The van der Waals surface area contributed by atoms with Crippen LogP contribution in [0.3, 0.4) is 0 Å². The molecule has 21 heavy (non-hydrogen) atoms. The first-order valence-electron chi connectivity index (χ1n) is 6.98. The molecule has 0 aromatic carbocycles. The van der Waals surface area contributed by atoms with Crippen molar-refractivity contribution in [2.75, 3.05) is 30.9 Å². The van der Waals surface area contributed by atoms with E-state index in [9.17, 15) is 0 Å². The van der Waals surface area contributed by atoms with Crippen LogP contribution in [0.1, 0.15) is 19.8 Å². The lowest BCUT2D eigenvalue weighted by Gasteiger charge is -2.34. The van der Waals surface area contributed by atoms with Gasteiger partial charge in [0.05, 0.1) is 0 Å². The van der Waals surface area contributed by atoms with E-state index >= 15 is 0 Å². The minimum atomic E-state index is -0.0635. The molecular formula is C13H19N7O. The summed E-state index contributed by atoms with van der Waals surface area (Å²) >= 11 is 0. The van der Waals surface area contributed by atoms with Crippen LogP contribution >= 0.6 is 0 Å². The average molecular weight is 289 g/mol. The molecule has 3 heterocycles. The SMILES string of the molecule is CNc1nc(NC2(C)CCOCC2)nc(-n2cccn2)n1. The zero-order chi connectivity index (χ0) is 14.7. The molecular weight excluding hydrogens is 270 g/mol. The number of hydrogen-bond donors (Lipinski definition) is 2. The summed E-state index contributed by atoms with van der Waals surface area (Å²) in [6.07, 6.45) is 5.33. The molecule has 2 N–H and O–H groups in total. The molecule has 0 spiro atoms. The van der Waals surface area contributed by atoms with Crippen molar-refractivity contribution >= 4 is 11.9 Å². The Morgan fingerprint density at radius 3 is 2.62 bits per heavy atom. The third kappa shape index (κ3) is 3.10. The van der Waals surface area contributed by atoms with Crippen LogP contribution < -0.4 is 10.6 Å². The van der Waals surface area contributed by atoms with E-state index in [-0.39, 0.29) is 5.54 Å². The Bertz CT molecular complexity index is 593. The van der Waals surface area contributed by atoms with E-state index in [2.05, 4.69) is 37.6 Å². The van der Waals surface area contributed by atoms with Gasteiger partial charge in [0, 0.05) is 38.2 Å². The molecule has 1 aliphatic heterocycles. The van der Waals surface area contributed by atoms with Gasteiger partial charge in [-0.05, 0) is 25.8 Å². The summed E-state index contributed by atoms with van der Waals surface area (Å²) < 4.78 is 7.02. The molecule has 3 rings (SSSR count). The van der Waals surface area contributed by atoms with Crippen molar-refractivity contribution in [3.8, 4) is 5.95 Å². The van der Waals surface area contributed by atoms with Crippen LogP contribution in [-0.2, 0) is 4.74 Å². The number of hydrogen-bond acceptors (Lipinski definition) is 7. The monoisotopic (exact) mass is 289 g/mol. The number of nitrogens with one attached hydrogen (secondary N) is 2. The van der Waals surface area contributed by atoms with E-state index in [4.69, 9.17) is 4.74 Å². The highest BCUT2D eigenvalue weighted by Gasteiger charge is 2.28. The molecule has 1 aliphatic rings. The third-order valence-corrected chi connectivity index (χ3v) is 3.57. The number of ether oxygens (including phenoxy) is 1. The standard InChI is InChI=1S/C13H19N7O/c1-13(4-8-21-9-5-13)19-11-16-10(14-2)17-12(18-11)20-7-3-6-15-20/h3,6-7H,4-5,8-9H2,1-2H3,(H2,14,16,17,18,19). The van der Waals surface area contributed by atoms with Gasteiger partial charge in [0.15, 0.2) is 0 Å². The van der Waals surface area contributed by atoms with Gasteiger partial charge < -0.3 is 15.4 Å². The molecule has 0 amide bonds. The quantitative estimate of drug-likeness (QED) is 0.870. The van der Waals surface area contributed by atoms with Crippen molar-refractivity contribution in [2.45, 2.75) is 25.3 Å². The molecule has 2 aromatic rings. The zero-order valence-corrected chi connectivity index (χ0v) is 12.2. The van der Waals surface area contributed by atoms with Crippen molar-refractivity contribution < 1.29 is 4.74 Å². The Balaban J connectivity index is 1.89. The van der Waals surface area contributed by atoms with Gasteiger partial charge >= 0.3 is 0 Å². The Morgan fingerprint density at radius 1 is 1.19 bits per heavy atom. The topological polar surface area (TPSA) is 89.8 Å². The highest BCUT2D eigenvalue weighted by Crippen LogP contribution is 2.24. The largest absolute Gasteiger partial charge is 0.381 e. The summed E-state index contributed by atoms with van der Waals surface area (Å²) in [5.41, 5.74) is -0.0635. The number of nitrogens with zero attached hydrogens (tertiary/aromatic N) is 5. The predicted molar refractivity (Wildman–Crippen MR) is 78.6 cm³/mol. The number of aromatic nitrogens is 5. The Hall–Kier alpha value is -2.22. The molecule has 0 radical (unpaired) electrons. The average Bonchev–Trinajstić information content (AvgIpc) is 3.01. The van der Waals surface area contributed by atoms with Gasteiger partial charge in [0.25, 0.3) is 5.95 Å². The van der Waals surface area contributed by atoms with Gasteiger partial charge in [-0.1, -0.05) is 0 Å². The molecule has 0 unspecified atom stereocenters. The lowest BCUT2D eigenvalue weighted by atomic mass is 9.93. The Kier molecular flexibility index (Phi) is 3.70. The zero-order valence-electron chi connectivity index (χ0n) is 12.2. The lowest BCUT2D eigenvalue weighted by molar-refractivity contribution is 0.0656. The predicted octanol–water partition coefficient (Wildman–Crippen LogP) is 1.08. The Morgan fingerprint density at radius 2 is 1.95 bits per heavy atom. The van der Waals surface area contributed by atoms with Crippen LogP contribution in [0.15, 0.2) is 18.5 Å². The van der Waals surface area contributed by atoms with Crippen LogP contribution in [0.2, 0.25) is 0 Å². The molecule has 1 saturated heterocycles. The number of anilines is 2. The van der Waals surface area contributed by atoms with Gasteiger partial charge in [-0.25, -0.2) is 4.68 Å². The molecule has 2 aromatic heterocycles. The van der Waals surface area contributed by atoms with E-state index in [1.807, 2.05) is 6.07 Å². The molecule has 8 nitrogen and oxygen atoms in total. The van der Waals surface area contributed by atoms with Crippen LogP contribution in [0.4, 0.5) is 11.9 Å². The first-order chi connectivity index (χ1) is 10.2. The van der Waals surface area contributed by atoms with Crippen molar-refractivity contribution in [1.29, 1.82) is 0 Å². The lowest BCUT2D eigenvalue weighted by Crippen LogP contribution is -2.41. The summed E-state index contributed by atoms with van der Waals surface area (Å²) in [4.78, 5) is 13.1. The Labute approximate surface area is 123 Å². The second-order valence-electron chi connectivity index (χ2n) is 5.28. The third-order valence-electron chi connectivity index (χ3n) is 3.57. The van der Waals surface area contributed by atoms with Crippen LogP contribution in [0.5, 0.6) is 0 Å². The van der Waals surface area contributed by atoms with E-state index < -0.39 is 0 Å². The van der Waals surface area contributed by atoms with E-state index in [0.29, 0.717) is 17.8 Å². The van der Waals surface area contributed by atoms with Crippen molar-refractivity contribution in [2.24, 2.45) is 0 Å². The van der Waals surface area contributed by atoms with Crippen LogP contribution in [0, 0.1) is 0 Å². The maximum atomic E-state index is 5.41. The van der Waals surface area contributed by atoms with Gasteiger partial charge in [0.2, 0.25) is 11.9 Å². The fourth-order valence-corrected chi connectivity index (χ4v) is 2.24. The summed E-state index contributed by atoms with van der Waals surface area (Å²) in [5.74, 6) is 1.54. The second kappa shape index (κ2) is 5.65. The normalized spacial score (nSPS) is 17.4. The second-order valence-corrected chi connectivity index (χ2v) is 5.28. The van der Waals surface area contributed by atoms with Gasteiger partial charge in [-0.2, -0.15) is 20.1 Å². The van der Waals surface area contributed by atoms with Gasteiger partial charge in [-0.15, -0.1) is 0 Å². The first kappa shape index (κ1) is 13.7. The van der Waals surface area contributed by atoms with Crippen molar-refractivity contribution in [3.05, 3.63) is 18.5 Å². The molecule has 0 bridgehead atoms. The molecule has 8 heteroatoms. The van der Waals surface area contributed by atoms with Gasteiger partial charge in [0.1, 0.15) is 0 Å². The van der Waals surface area contributed by atoms with Crippen molar-refractivity contribution in [1.82, 2.24) is 24.7 Å².